The molecule has 0 atom stereocenters. The molecule has 0 radical (unpaired) electrons. The first kappa shape index (κ1) is 15.3. The molecule has 1 N–H and O–H groups in total. The van der Waals surface area contributed by atoms with Crippen LogP contribution in [0.1, 0.15) is 56.7 Å². The Labute approximate surface area is 126 Å². The van der Waals surface area contributed by atoms with Crippen molar-refractivity contribution in [3.05, 3.63) is 29.6 Å². The standard InChI is InChI=1S/C16H19F3N2O/c1-9(2)10-4-12(16(17,18)19)14-13(5-10)20-8-21(14)11-6-15(3,22)7-11/h4-5,8-9,11,22H,6-7H2,1-3H3. The zero-order valence-electron chi connectivity index (χ0n) is 12.8. The Morgan fingerprint density at radius 2 is 1.95 bits per heavy atom. The smallest absolute Gasteiger partial charge is 0.390 e. The molecular weight excluding hydrogens is 293 g/mol. The van der Waals surface area contributed by atoms with E-state index in [0.29, 0.717) is 23.9 Å². The first-order valence-corrected chi connectivity index (χ1v) is 7.38. The fraction of sp³-hybridized carbons (Fsp3) is 0.562. The maximum atomic E-state index is 13.5. The van der Waals surface area contributed by atoms with Gasteiger partial charge in [0.15, 0.2) is 0 Å². The Hall–Kier alpha value is -1.56. The Bertz CT molecular complexity index is 708. The van der Waals surface area contributed by atoms with Gasteiger partial charge in [0.05, 0.1) is 28.5 Å². The quantitative estimate of drug-likeness (QED) is 0.899. The molecule has 2 aromatic rings. The fourth-order valence-electron chi connectivity index (χ4n) is 3.17. The molecule has 22 heavy (non-hydrogen) atoms. The zero-order chi connectivity index (χ0) is 16.3. The largest absolute Gasteiger partial charge is 0.418 e. The predicted molar refractivity (Wildman–Crippen MR) is 77.7 cm³/mol. The molecule has 1 saturated carbocycles. The number of hydrogen-bond donors (Lipinski definition) is 1. The van der Waals surface area contributed by atoms with Crippen molar-refractivity contribution in [3.63, 3.8) is 0 Å². The maximum absolute atomic E-state index is 13.5. The van der Waals surface area contributed by atoms with E-state index in [-0.39, 0.29) is 17.5 Å². The van der Waals surface area contributed by atoms with E-state index < -0.39 is 17.3 Å². The summed E-state index contributed by atoms with van der Waals surface area (Å²) in [6, 6.07) is 2.82. The minimum Gasteiger partial charge on any atom is -0.390 e. The minimum atomic E-state index is -4.42. The van der Waals surface area contributed by atoms with Crippen molar-refractivity contribution < 1.29 is 18.3 Å². The van der Waals surface area contributed by atoms with Gasteiger partial charge in [0, 0.05) is 6.04 Å². The van der Waals surface area contributed by atoms with Crippen LogP contribution in [0.2, 0.25) is 0 Å². The van der Waals surface area contributed by atoms with E-state index in [0.717, 1.165) is 0 Å². The van der Waals surface area contributed by atoms with Crippen molar-refractivity contribution in [1.29, 1.82) is 0 Å². The summed E-state index contributed by atoms with van der Waals surface area (Å²) in [6.45, 7) is 5.42. The highest BCUT2D eigenvalue weighted by Gasteiger charge is 2.42. The van der Waals surface area contributed by atoms with Crippen LogP contribution >= 0.6 is 0 Å². The molecule has 0 aliphatic heterocycles. The van der Waals surface area contributed by atoms with Gasteiger partial charge in [-0.3, -0.25) is 0 Å². The molecular formula is C16H19F3N2O. The molecule has 0 unspecified atom stereocenters. The van der Waals surface area contributed by atoms with Crippen molar-refractivity contribution in [1.82, 2.24) is 9.55 Å². The number of aliphatic hydroxyl groups is 1. The number of benzene rings is 1. The van der Waals surface area contributed by atoms with Crippen LogP contribution in [0.5, 0.6) is 0 Å². The first-order valence-electron chi connectivity index (χ1n) is 7.38. The second kappa shape index (κ2) is 4.72. The van der Waals surface area contributed by atoms with Crippen molar-refractivity contribution in [2.45, 2.75) is 57.3 Å². The number of imidazole rings is 1. The van der Waals surface area contributed by atoms with Crippen LogP contribution in [0.15, 0.2) is 18.5 Å². The maximum Gasteiger partial charge on any atom is 0.418 e. The van der Waals surface area contributed by atoms with E-state index in [1.54, 1.807) is 17.6 Å². The molecule has 1 aliphatic rings. The van der Waals surface area contributed by atoms with E-state index in [1.807, 2.05) is 13.8 Å². The topological polar surface area (TPSA) is 38.0 Å². The van der Waals surface area contributed by atoms with Crippen LogP contribution in [-0.4, -0.2) is 20.3 Å². The summed E-state index contributed by atoms with van der Waals surface area (Å²) in [6.07, 6.45) is -2.07. The van der Waals surface area contributed by atoms with Gasteiger partial charge in [-0.25, -0.2) is 4.98 Å². The second-order valence-electron chi connectivity index (χ2n) is 6.80. The van der Waals surface area contributed by atoms with E-state index in [1.165, 1.54) is 12.4 Å². The highest BCUT2D eigenvalue weighted by molar-refractivity contribution is 5.81. The highest BCUT2D eigenvalue weighted by atomic mass is 19.4. The summed E-state index contributed by atoms with van der Waals surface area (Å²) in [5.74, 6) is 0.0000797. The fourth-order valence-corrected chi connectivity index (χ4v) is 3.17. The lowest BCUT2D eigenvalue weighted by atomic mass is 9.77. The summed E-state index contributed by atoms with van der Waals surface area (Å²) in [5.41, 5.74) is -0.316. The van der Waals surface area contributed by atoms with E-state index in [4.69, 9.17) is 0 Å². The van der Waals surface area contributed by atoms with Crippen LogP contribution in [0.25, 0.3) is 11.0 Å². The van der Waals surface area contributed by atoms with E-state index >= 15 is 0 Å². The molecule has 0 saturated heterocycles. The van der Waals surface area contributed by atoms with Gasteiger partial charge < -0.3 is 9.67 Å². The molecule has 1 aromatic heterocycles. The average Bonchev–Trinajstić information content (AvgIpc) is 2.76. The molecule has 1 aliphatic carbocycles. The van der Waals surface area contributed by atoms with Crippen LogP contribution in [0, 0.1) is 0 Å². The zero-order valence-corrected chi connectivity index (χ0v) is 12.8. The van der Waals surface area contributed by atoms with Crippen LogP contribution in [0.3, 0.4) is 0 Å². The third-order valence-electron chi connectivity index (χ3n) is 4.41. The molecule has 1 aromatic carbocycles. The molecule has 0 bridgehead atoms. The summed E-state index contributed by atoms with van der Waals surface area (Å²) >= 11 is 0. The van der Waals surface area contributed by atoms with Crippen molar-refractivity contribution in [2.75, 3.05) is 0 Å². The SMILES string of the molecule is CC(C)c1cc(C(F)(F)F)c2c(c1)ncn2C1CC(C)(O)C1. The monoisotopic (exact) mass is 312 g/mol. The highest BCUT2D eigenvalue weighted by Crippen LogP contribution is 2.44. The Morgan fingerprint density at radius 3 is 2.45 bits per heavy atom. The lowest BCUT2D eigenvalue weighted by molar-refractivity contribution is -0.136. The molecule has 0 amide bonds. The summed E-state index contributed by atoms with van der Waals surface area (Å²) in [7, 11) is 0. The van der Waals surface area contributed by atoms with Gasteiger partial charge in [-0.2, -0.15) is 13.2 Å². The Morgan fingerprint density at radius 1 is 1.32 bits per heavy atom. The van der Waals surface area contributed by atoms with Gasteiger partial charge in [-0.1, -0.05) is 13.8 Å². The van der Waals surface area contributed by atoms with Gasteiger partial charge >= 0.3 is 6.18 Å². The summed E-state index contributed by atoms with van der Waals surface area (Å²) in [4.78, 5) is 4.17. The van der Waals surface area contributed by atoms with Crippen LogP contribution < -0.4 is 0 Å². The molecule has 120 valence electrons. The van der Waals surface area contributed by atoms with Gasteiger partial charge in [0.1, 0.15) is 0 Å². The summed E-state index contributed by atoms with van der Waals surface area (Å²) in [5, 5.41) is 9.84. The number of hydrogen-bond acceptors (Lipinski definition) is 2. The van der Waals surface area contributed by atoms with E-state index in [9.17, 15) is 18.3 Å². The van der Waals surface area contributed by atoms with Gasteiger partial charge in [0.25, 0.3) is 0 Å². The third kappa shape index (κ3) is 2.49. The van der Waals surface area contributed by atoms with Crippen molar-refractivity contribution >= 4 is 11.0 Å². The lowest BCUT2D eigenvalue weighted by Gasteiger charge is -2.41. The van der Waals surface area contributed by atoms with Gasteiger partial charge in [-0.15, -0.1) is 0 Å². The van der Waals surface area contributed by atoms with Gasteiger partial charge in [0.2, 0.25) is 0 Å². The number of alkyl halides is 3. The number of halogens is 3. The summed E-state index contributed by atoms with van der Waals surface area (Å²) < 4.78 is 42.0. The van der Waals surface area contributed by atoms with Crippen LogP contribution in [0.4, 0.5) is 13.2 Å². The van der Waals surface area contributed by atoms with Gasteiger partial charge in [-0.05, 0) is 43.4 Å². The molecule has 6 heteroatoms. The minimum absolute atomic E-state index is 0.0000797. The molecule has 1 heterocycles. The van der Waals surface area contributed by atoms with Crippen LogP contribution in [-0.2, 0) is 6.18 Å². The molecule has 1 fully saturated rings. The third-order valence-corrected chi connectivity index (χ3v) is 4.41. The van der Waals surface area contributed by atoms with E-state index in [2.05, 4.69) is 4.98 Å². The predicted octanol–water partition coefficient (Wildman–Crippen LogP) is 4.26. The Balaban J connectivity index is 2.17. The first-order chi connectivity index (χ1) is 10.1. The Kier molecular flexibility index (Phi) is 3.29. The number of nitrogens with zero attached hydrogens (tertiary/aromatic N) is 2. The lowest BCUT2D eigenvalue weighted by Crippen LogP contribution is -2.41. The van der Waals surface area contributed by atoms with Crippen molar-refractivity contribution in [2.24, 2.45) is 0 Å². The molecule has 0 spiro atoms. The average molecular weight is 312 g/mol. The number of fused-ring (bicyclic) bond motifs is 1. The normalized spacial score (nSPS) is 25.7. The number of rotatable bonds is 2. The molecule has 3 rings (SSSR count). The van der Waals surface area contributed by atoms with Crippen molar-refractivity contribution in [3.8, 4) is 0 Å². The second-order valence-corrected chi connectivity index (χ2v) is 6.80. The molecule has 3 nitrogen and oxygen atoms in total. The number of aromatic nitrogens is 2.